The van der Waals surface area contributed by atoms with Gasteiger partial charge in [-0.05, 0) is 60.7 Å². The summed E-state index contributed by atoms with van der Waals surface area (Å²) in [5.74, 6) is 1.64. The summed E-state index contributed by atoms with van der Waals surface area (Å²) in [6.07, 6.45) is 1.46. The molecule has 140 valence electrons. The van der Waals surface area contributed by atoms with Gasteiger partial charge in [0.1, 0.15) is 11.5 Å². The summed E-state index contributed by atoms with van der Waals surface area (Å²) in [6, 6.07) is 18.4. The summed E-state index contributed by atoms with van der Waals surface area (Å²) in [5, 5.41) is 0. The summed E-state index contributed by atoms with van der Waals surface area (Å²) in [5.41, 5.74) is 3.16. The van der Waals surface area contributed by atoms with Gasteiger partial charge in [0.05, 0.1) is 31.9 Å². The molecule has 0 fully saturated rings. The molecule has 6 nitrogen and oxygen atoms in total. The number of ketones is 1. The summed E-state index contributed by atoms with van der Waals surface area (Å²) in [7, 11) is 3.24. The van der Waals surface area contributed by atoms with Crippen molar-refractivity contribution in [2.75, 3.05) is 14.2 Å². The van der Waals surface area contributed by atoms with Gasteiger partial charge in [0.2, 0.25) is 0 Å². The Kier molecular flexibility index (Phi) is 4.68. The zero-order chi connectivity index (χ0) is 19.5. The number of nitrogens with one attached hydrogen (secondary N) is 1. The van der Waals surface area contributed by atoms with Crippen molar-refractivity contribution in [3.63, 3.8) is 0 Å². The highest BCUT2D eigenvalue weighted by molar-refractivity contribution is 6.05. The van der Waals surface area contributed by atoms with E-state index in [1.165, 1.54) is 6.26 Å². The molecule has 2 aromatic carbocycles. The van der Waals surface area contributed by atoms with E-state index in [9.17, 15) is 4.79 Å². The van der Waals surface area contributed by atoms with Crippen molar-refractivity contribution in [3.05, 3.63) is 78.5 Å². The molecule has 0 amide bonds. The number of furan rings is 1. The van der Waals surface area contributed by atoms with Crippen molar-refractivity contribution in [2.24, 2.45) is 0 Å². The molecule has 0 aliphatic heterocycles. The molecule has 4 aromatic rings. The van der Waals surface area contributed by atoms with Crippen LogP contribution in [0.1, 0.15) is 16.4 Å². The molecule has 0 radical (unpaired) electrons. The Labute approximate surface area is 161 Å². The van der Waals surface area contributed by atoms with Crippen LogP contribution in [0.3, 0.4) is 0 Å². The van der Waals surface area contributed by atoms with Crippen LogP contribution in [0.4, 0.5) is 0 Å². The molecule has 0 spiro atoms. The molecule has 28 heavy (non-hydrogen) atoms. The van der Waals surface area contributed by atoms with Gasteiger partial charge in [-0.2, -0.15) is 0 Å². The minimum atomic E-state index is -0.306. The molecule has 4 rings (SSSR count). The number of imidazole rings is 1. The van der Waals surface area contributed by atoms with Crippen LogP contribution in [0.15, 0.2) is 71.3 Å². The van der Waals surface area contributed by atoms with Gasteiger partial charge in [0.15, 0.2) is 11.6 Å². The number of ether oxygens (including phenoxy) is 2. The highest BCUT2D eigenvalue weighted by Gasteiger charge is 2.21. The first-order valence-corrected chi connectivity index (χ1v) is 8.66. The molecule has 0 unspecified atom stereocenters. The van der Waals surface area contributed by atoms with Gasteiger partial charge in [-0.3, -0.25) is 4.79 Å². The lowest BCUT2D eigenvalue weighted by Crippen LogP contribution is -2.02. The molecule has 0 bridgehead atoms. The molecule has 6 heteroatoms. The maximum absolute atomic E-state index is 12.7. The van der Waals surface area contributed by atoms with Gasteiger partial charge < -0.3 is 18.9 Å². The van der Waals surface area contributed by atoms with E-state index in [4.69, 9.17) is 13.9 Å². The third-order valence-electron chi connectivity index (χ3n) is 4.41. The Morgan fingerprint density at radius 2 is 1.50 bits per heavy atom. The van der Waals surface area contributed by atoms with Gasteiger partial charge in [-0.25, -0.2) is 4.98 Å². The van der Waals surface area contributed by atoms with Gasteiger partial charge >= 0.3 is 0 Å². The van der Waals surface area contributed by atoms with Crippen LogP contribution in [0.5, 0.6) is 11.5 Å². The molecule has 0 saturated heterocycles. The Balaban J connectivity index is 1.82. The smallest absolute Gasteiger partial charge is 0.263 e. The van der Waals surface area contributed by atoms with Gasteiger partial charge in [0, 0.05) is 11.1 Å². The predicted octanol–water partition coefficient (Wildman–Crippen LogP) is 4.58. The van der Waals surface area contributed by atoms with Crippen LogP contribution < -0.4 is 9.47 Å². The second kappa shape index (κ2) is 7.44. The first-order valence-electron chi connectivity index (χ1n) is 8.66. The standard InChI is InChI=1S/C22H18N2O4/c1-26-16-9-5-14(6-10-16)19-20(15-7-11-17(27-2)12-8-15)24-22(23-19)21(25)18-4-3-13-28-18/h3-13H,1-2H3,(H,23,24). The molecular formula is C22H18N2O4. The van der Waals surface area contributed by atoms with Gasteiger partial charge in [-0.1, -0.05) is 0 Å². The van der Waals surface area contributed by atoms with Crippen molar-refractivity contribution in [3.8, 4) is 34.0 Å². The number of methoxy groups -OCH3 is 2. The Bertz CT molecular complexity index is 1010. The number of aromatic nitrogens is 2. The average molecular weight is 374 g/mol. The first-order chi connectivity index (χ1) is 13.7. The average Bonchev–Trinajstić information content (AvgIpc) is 3.44. The van der Waals surface area contributed by atoms with Gasteiger partial charge in [0.25, 0.3) is 5.78 Å². The van der Waals surface area contributed by atoms with E-state index in [2.05, 4.69) is 9.97 Å². The van der Waals surface area contributed by atoms with Crippen LogP contribution in [-0.4, -0.2) is 30.0 Å². The number of nitrogens with zero attached hydrogens (tertiary/aromatic N) is 1. The molecule has 0 aliphatic carbocycles. The monoisotopic (exact) mass is 374 g/mol. The van der Waals surface area contributed by atoms with Crippen LogP contribution in [0.25, 0.3) is 22.5 Å². The zero-order valence-corrected chi connectivity index (χ0v) is 15.4. The number of aromatic amines is 1. The van der Waals surface area contributed by atoms with Crippen molar-refractivity contribution >= 4 is 5.78 Å². The molecule has 2 aromatic heterocycles. The molecule has 0 atom stereocenters. The fraction of sp³-hybridized carbons (Fsp3) is 0.0909. The number of hydrogen-bond donors (Lipinski definition) is 1. The number of carbonyl (C=O) groups excluding carboxylic acids is 1. The van der Waals surface area contributed by atoms with Crippen LogP contribution >= 0.6 is 0 Å². The van der Waals surface area contributed by atoms with Crippen LogP contribution in [0.2, 0.25) is 0 Å². The molecule has 2 heterocycles. The summed E-state index contributed by atoms with van der Waals surface area (Å²) < 4.78 is 15.7. The number of benzene rings is 2. The Morgan fingerprint density at radius 3 is 2.04 bits per heavy atom. The molecule has 0 aliphatic rings. The minimum Gasteiger partial charge on any atom is -0.497 e. The highest BCUT2D eigenvalue weighted by atomic mass is 16.5. The lowest BCUT2D eigenvalue weighted by Gasteiger charge is -2.06. The Morgan fingerprint density at radius 1 is 0.893 bits per heavy atom. The quantitative estimate of drug-likeness (QED) is 0.500. The van der Waals surface area contributed by atoms with Crippen molar-refractivity contribution < 1.29 is 18.7 Å². The van der Waals surface area contributed by atoms with E-state index < -0.39 is 0 Å². The fourth-order valence-corrected chi connectivity index (χ4v) is 2.93. The maximum atomic E-state index is 12.7. The van der Waals surface area contributed by atoms with Gasteiger partial charge in [-0.15, -0.1) is 0 Å². The second-order valence-corrected chi connectivity index (χ2v) is 6.07. The molecule has 0 saturated carbocycles. The van der Waals surface area contributed by atoms with Crippen molar-refractivity contribution in [1.29, 1.82) is 0 Å². The normalized spacial score (nSPS) is 10.6. The van der Waals surface area contributed by atoms with Crippen molar-refractivity contribution in [1.82, 2.24) is 9.97 Å². The topological polar surface area (TPSA) is 77.4 Å². The largest absolute Gasteiger partial charge is 0.497 e. The third-order valence-corrected chi connectivity index (χ3v) is 4.41. The van der Waals surface area contributed by atoms with E-state index in [-0.39, 0.29) is 17.4 Å². The lowest BCUT2D eigenvalue weighted by atomic mass is 10.0. The minimum absolute atomic E-state index is 0.214. The number of rotatable bonds is 6. The van der Waals surface area contributed by atoms with Crippen LogP contribution in [-0.2, 0) is 0 Å². The summed E-state index contributed by atoms with van der Waals surface area (Å²) >= 11 is 0. The predicted molar refractivity (Wildman–Crippen MR) is 105 cm³/mol. The fourth-order valence-electron chi connectivity index (χ4n) is 2.93. The first kappa shape index (κ1) is 17.6. The third kappa shape index (κ3) is 3.27. The second-order valence-electron chi connectivity index (χ2n) is 6.07. The summed E-state index contributed by atoms with van der Waals surface area (Å²) in [4.78, 5) is 20.4. The van der Waals surface area contributed by atoms with E-state index in [0.29, 0.717) is 5.69 Å². The number of hydrogen-bond acceptors (Lipinski definition) is 5. The van der Waals surface area contributed by atoms with E-state index in [1.54, 1.807) is 26.4 Å². The van der Waals surface area contributed by atoms with E-state index in [0.717, 1.165) is 28.3 Å². The highest BCUT2D eigenvalue weighted by Crippen LogP contribution is 2.32. The van der Waals surface area contributed by atoms with E-state index >= 15 is 0 Å². The summed E-state index contributed by atoms with van der Waals surface area (Å²) in [6.45, 7) is 0. The zero-order valence-electron chi connectivity index (χ0n) is 15.4. The number of carbonyl (C=O) groups is 1. The number of H-pyrrole nitrogens is 1. The van der Waals surface area contributed by atoms with Crippen LogP contribution in [0, 0.1) is 0 Å². The van der Waals surface area contributed by atoms with E-state index in [1.807, 2.05) is 48.5 Å². The molecule has 1 N–H and O–H groups in total. The Hall–Kier alpha value is -3.80. The maximum Gasteiger partial charge on any atom is 0.263 e. The lowest BCUT2D eigenvalue weighted by molar-refractivity contribution is 0.100. The SMILES string of the molecule is COc1ccc(-c2nc(C(=O)c3ccco3)[nH]c2-c2ccc(OC)cc2)cc1. The van der Waals surface area contributed by atoms with Crippen molar-refractivity contribution in [2.45, 2.75) is 0 Å². The molecular weight excluding hydrogens is 356 g/mol.